The van der Waals surface area contributed by atoms with Crippen LogP contribution < -0.4 is 10.6 Å². The number of hydrogen-bond donors (Lipinski definition) is 2. The van der Waals surface area contributed by atoms with E-state index in [4.69, 9.17) is 11.6 Å². The molecule has 1 aliphatic rings. The standard InChI is InChI=1S/C28H23ClN4O3/c1-18-7-5-6-10-22(18)24(34)25(35)31-27(36)32-28(17-23(28)19-8-3-2-4-9-19)26-30-15-16-33(26)21-13-11-20(29)12-14-21/h2-16,23H,17H2,1H3,(H2,31,32,35,36). The third-order valence-corrected chi connectivity index (χ3v) is 6.72. The van der Waals surface area contributed by atoms with Crippen molar-refractivity contribution in [1.82, 2.24) is 20.2 Å². The third kappa shape index (κ3) is 4.41. The molecule has 3 amide bonds. The molecule has 5 rings (SSSR count). The Kier molecular flexibility index (Phi) is 6.16. The van der Waals surface area contributed by atoms with Crippen molar-refractivity contribution in [3.05, 3.63) is 119 Å². The Morgan fingerprint density at radius 2 is 1.67 bits per heavy atom. The summed E-state index contributed by atoms with van der Waals surface area (Å²) in [5, 5.41) is 5.78. The summed E-state index contributed by atoms with van der Waals surface area (Å²) < 4.78 is 1.89. The summed E-state index contributed by atoms with van der Waals surface area (Å²) in [4.78, 5) is 42.9. The second-order valence-electron chi connectivity index (χ2n) is 8.79. The first-order valence-electron chi connectivity index (χ1n) is 11.5. The molecule has 0 spiro atoms. The predicted octanol–water partition coefficient (Wildman–Crippen LogP) is 4.93. The molecular formula is C28H23ClN4O3. The first kappa shape index (κ1) is 23.5. The van der Waals surface area contributed by atoms with E-state index < -0.39 is 23.3 Å². The number of amides is 3. The molecule has 0 aliphatic heterocycles. The fraction of sp³-hybridized carbons (Fsp3) is 0.143. The molecule has 2 N–H and O–H groups in total. The molecule has 7 nitrogen and oxygen atoms in total. The summed E-state index contributed by atoms with van der Waals surface area (Å²) in [5.41, 5.74) is 1.90. The molecule has 1 saturated carbocycles. The van der Waals surface area contributed by atoms with Gasteiger partial charge in [0.05, 0.1) is 0 Å². The lowest BCUT2D eigenvalue weighted by Gasteiger charge is -2.21. The topological polar surface area (TPSA) is 93.1 Å². The van der Waals surface area contributed by atoms with Crippen molar-refractivity contribution in [2.45, 2.75) is 24.8 Å². The van der Waals surface area contributed by atoms with Gasteiger partial charge in [0.1, 0.15) is 11.4 Å². The number of urea groups is 1. The van der Waals surface area contributed by atoms with Crippen molar-refractivity contribution >= 4 is 29.3 Å². The van der Waals surface area contributed by atoms with Crippen LogP contribution in [0.1, 0.15) is 39.6 Å². The van der Waals surface area contributed by atoms with Crippen molar-refractivity contribution in [3.63, 3.8) is 0 Å². The van der Waals surface area contributed by atoms with E-state index in [9.17, 15) is 14.4 Å². The van der Waals surface area contributed by atoms with Gasteiger partial charge in [0.15, 0.2) is 0 Å². The van der Waals surface area contributed by atoms with Gasteiger partial charge in [0.2, 0.25) is 0 Å². The molecule has 1 aromatic heterocycles. The van der Waals surface area contributed by atoms with Crippen molar-refractivity contribution in [1.29, 1.82) is 0 Å². The van der Waals surface area contributed by atoms with E-state index in [2.05, 4.69) is 15.6 Å². The SMILES string of the molecule is Cc1ccccc1C(=O)C(=O)NC(=O)NC1(c2nccn2-c2ccc(Cl)cc2)CC1c1ccccc1. The van der Waals surface area contributed by atoms with Crippen LogP contribution >= 0.6 is 11.6 Å². The number of imidazole rings is 1. The zero-order valence-corrected chi connectivity index (χ0v) is 20.2. The van der Waals surface area contributed by atoms with E-state index in [1.807, 2.05) is 53.2 Å². The lowest BCUT2D eigenvalue weighted by molar-refractivity contribution is -0.116. The normalized spacial score (nSPS) is 18.3. The molecule has 1 aliphatic carbocycles. The lowest BCUT2D eigenvalue weighted by atomic mass is 10.0. The molecule has 1 heterocycles. The number of carbonyl (C=O) groups is 3. The summed E-state index contributed by atoms with van der Waals surface area (Å²) in [7, 11) is 0. The highest BCUT2D eigenvalue weighted by molar-refractivity contribution is 6.45. The van der Waals surface area contributed by atoms with Crippen LogP contribution in [0.3, 0.4) is 0 Å². The number of aromatic nitrogens is 2. The molecule has 0 bridgehead atoms. The molecule has 2 atom stereocenters. The lowest BCUT2D eigenvalue weighted by Crippen LogP contribution is -2.48. The van der Waals surface area contributed by atoms with Crippen LogP contribution in [0.4, 0.5) is 4.79 Å². The first-order chi connectivity index (χ1) is 17.4. The van der Waals surface area contributed by atoms with Crippen molar-refractivity contribution < 1.29 is 14.4 Å². The molecule has 2 unspecified atom stereocenters. The quantitative estimate of drug-likeness (QED) is 0.291. The zero-order valence-electron chi connectivity index (χ0n) is 19.4. The van der Waals surface area contributed by atoms with Crippen LogP contribution in [-0.4, -0.2) is 27.3 Å². The Bertz CT molecular complexity index is 1450. The minimum Gasteiger partial charge on any atom is -0.324 e. The minimum absolute atomic E-state index is 0.0694. The van der Waals surface area contributed by atoms with Crippen LogP contribution in [0, 0.1) is 6.92 Å². The number of nitrogens with zero attached hydrogens (tertiary/aromatic N) is 2. The Balaban J connectivity index is 1.43. The molecule has 0 radical (unpaired) electrons. The van der Waals surface area contributed by atoms with Crippen LogP contribution in [0.2, 0.25) is 5.02 Å². The smallest absolute Gasteiger partial charge is 0.322 e. The van der Waals surface area contributed by atoms with Crippen LogP contribution in [0.15, 0.2) is 91.3 Å². The summed E-state index contributed by atoms with van der Waals surface area (Å²) in [6.07, 6.45) is 4.06. The average molecular weight is 499 g/mol. The highest BCUT2D eigenvalue weighted by Crippen LogP contribution is 2.58. The van der Waals surface area contributed by atoms with Gasteiger partial charge in [0, 0.05) is 34.6 Å². The number of hydrogen-bond acceptors (Lipinski definition) is 4. The van der Waals surface area contributed by atoms with Crippen LogP contribution in [0.5, 0.6) is 0 Å². The van der Waals surface area contributed by atoms with Gasteiger partial charge in [0.25, 0.3) is 11.7 Å². The van der Waals surface area contributed by atoms with Crippen molar-refractivity contribution in [2.75, 3.05) is 0 Å². The first-order valence-corrected chi connectivity index (χ1v) is 11.8. The summed E-state index contributed by atoms with van der Waals surface area (Å²) in [6, 6.07) is 23.1. The summed E-state index contributed by atoms with van der Waals surface area (Å²) >= 11 is 6.07. The number of imide groups is 1. The monoisotopic (exact) mass is 498 g/mol. The highest BCUT2D eigenvalue weighted by Gasteiger charge is 2.60. The maximum atomic E-state index is 13.0. The number of halogens is 1. The molecule has 4 aromatic rings. The van der Waals surface area contributed by atoms with E-state index in [-0.39, 0.29) is 11.5 Å². The van der Waals surface area contributed by atoms with Crippen LogP contribution in [-0.2, 0) is 10.3 Å². The summed E-state index contributed by atoms with van der Waals surface area (Å²) in [5.74, 6) is -1.21. The fourth-order valence-corrected chi connectivity index (χ4v) is 4.71. The Hall–Kier alpha value is -4.23. The maximum Gasteiger partial charge on any atom is 0.322 e. The molecule has 8 heteroatoms. The average Bonchev–Trinajstić information content (AvgIpc) is 3.37. The van der Waals surface area contributed by atoms with Gasteiger partial charge in [-0.25, -0.2) is 9.78 Å². The fourth-order valence-electron chi connectivity index (χ4n) is 4.58. The molecular weight excluding hydrogens is 476 g/mol. The second kappa shape index (κ2) is 9.43. The Morgan fingerprint density at radius 3 is 2.39 bits per heavy atom. The van der Waals surface area contributed by atoms with Gasteiger partial charge in [-0.3, -0.25) is 14.9 Å². The Labute approximate surface area is 213 Å². The molecule has 180 valence electrons. The van der Waals surface area contributed by atoms with Crippen LogP contribution in [0.25, 0.3) is 5.69 Å². The minimum atomic E-state index is -0.991. The number of ketones is 1. The number of Topliss-reactive ketones (excluding diaryl/α,β-unsaturated/α-hetero) is 1. The van der Waals surface area contributed by atoms with E-state index in [1.165, 1.54) is 0 Å². The molecule has 0 saturated heterocycles. The Morgan fingerprint density at radius 1 is 0.972 bits per heavy atom. The molecule has 36 heavy (non-hydrogen) atoms. The maximum absolute atomic E-state index is 13.0. The van der Waals surface area contributed by atoms with Gasteiger partial charge >= 0.3 is 6.03 Å². The van der Waals surface area contributed by atoms with Crippen molar-refractivity contribution in [2.24, 2.45) is 0 Å². The van der Waals surface area contributed by atoms with Gasteiger partial charge in [-0.1, -0.05) is 66.2 Å². The van der Waals surface area contributed by atoms with E-state index in [1.54, 1.807) is 49.5 Å². The number of rotatable bonds is 6. The van der Waals surface area contributed by atoms with Crippen molar-refractivity contribution in [3.8, 4) is 5.69 Å². The van der Waals surface area contributed by atoms with E-state index in [0.29, 0.717) is 22.8 Å². The number of benzene rings is 3. The predicted molar refractivity (Wildman–Crippen MR) is 136 cm³/mol. The van der Waals surface area contributed by atoms with Gasteiger partial charge < -0.3 is 9.88 Å². The number of nitrogens with one attached hydrogen (secondary N) is 2. The number of aryl methyl sites for hydroxylation is 1. The van der Waals surface area contributed by atoms with Gasteiger partial charge in [-0.15, -0.1) is 0 Å². The largest absolute Gasteiger partial charge is 0.324 e. The number of carbonyl (C=O) groups excluding carboxylic acids is 3. The van der Waals surface area contributed by atoms with E-state index in [0.717, 1.165) is 11.3 Å². The zero-order chi connectivity index (χ0) is 25.3. The second-order valence-corrected chi connectivity index (χ2v) is 9.22. The van der Waals surface area contributed by atoms with Gasteiger partial charge in [-0.05, 0) is 48.7 Å². The molecule has 3 aromatic carbocycles. The highest BCUT2D eigenvalue weighted by atomic mass is 35.5. The molecule has 1 fully saturated rings. The third-order valence-electron chi connectivity index (χ3n) is 6.47. The van der Waals surface area contributed by atoms with Gasteiger partial charge in [-0.2, -0.15) is 0 Å². The summed E-state index contributed by atoms with van der Waals surface area (Å²) in [6.45, 7) is 1.74. The van der Waals surface area contributed by atoms with E-state index >= 15 is 0 Å².